The molecule has 4 heteroatoms. The van der Waals surface area contributed by atoms with E-state index in [2.05, 4.69) is 34.9 Å². The van der Waals surface area contributed by atoms with E-state index in [0.717, 1.165) is 6.42 Å². The van der Waals surface area contributed by atoms with Gasteiger partial charge >= 0.3 is 5.97 Å². The van der Waals surface area contributed by atoms with Crippen LogP contribution in [0.15, 0.2) is 46.6 Å². The fourth-order valence-corrected chi connectivity index (χ4v) is 1.83. The molecule has 0 N–H and O–H groups in total. The fraction of sp³-hybridized carbons (Fsp3) is 0.250. The zero-order chi connectivity index (χ0) is 14.4. The molecule has 0 bridgehead atoms. The number of hydrogen-bond acceptors (Lipinski definition) is 4. The molecule has 20 heavy (non-hydrogen) atoms. The van der Waals surface area contributed by atoms with Gasteiger partial charge in [0.05, 0.1) is 7.11 Å². The molecule has 1 aromatic carbocycles. The van der Waals surface area contributed by atoms with E-state index >= 15 is 0 Å². The Balaban J connectivity index is 1.93. The summed E-state index contributed by atoms with van der Waals surface area (Å²) in [5.41, 5.74) is 2.62. The molecule has 1 aromatic heterocycles. The Labute approximate surface area is 118 Å². The quantitative estimate of drug-likeness (QED) is 0.781. The van der Waals surface area contributed by atoms with Crippen LogP contribution in [0, 0.1) is 0 Å². The maximum Gasteiger partial charge on any atom is 0.360 e. The molecule has 0 unspecified atom stereocenters. The van der Waals surface area contributed by atoms with Crippen molar-refractivity contribution < 1.29 is 13.9 Å². The number of carbonyl (C=O) groups excluding carboxylic acids is 1. The third-order valence-electron chi connectivity index (χ3n) is 2.89. The maximum absolute atomic E-state index is 11.2. The van der Waals surface area contributed by atoms with Crippen LogP contribution in [-0.4, -0.2) is 18.1 Å². The van der Waals surface area contributed by atoms with Crippen LogP contribution in [0.4, 0.5) is 0 Å². The predicted octanol–water partition coefficient (Wildman–Crippen LogP) is 3.50. The minimum atomic E-state index is -0.475. The second kappa shape index (κ2) is 6.70. The number of esters is 1. The number of methoxy groups -OCH3 is 1. The number of oxazole rings is 1. The van der Waals surface area contributed by atoms with Crippen molar-refractivity contribution in [2.45, 2.75) is 19.8 Å². The maximum atomic E-state index is 11.2. The lowest BCUT2D eigenvalue weighted by Gasteiger charge is -1.99. The number of carbonyl (C=O) groups is 1. The number of hydrogen-bond donors (Lipinski definition) is 0. The molecule has 0 aliphatic heterocycles. The lowest BCUT2D eigenvalue weighted by atomic mass is 10.1. The molecule has 0 saturated heterocycles. The minimum absolute atomic E-state index is 0.215. The van der Waals surface area contributed by atoms with Crippen molar-refractivity contribution in [3.63, 3.8) is 0 Å². The first-order valence-electron chi connectivity index (χ1n) is 6.44. The Morgan fingerprint density at radius 2 is 2.10 bits per heavy atom. The molecule has 0 saturated carbocycles. The number of aromatic nitrogens is 1. The molecule has 0 aliphatic carbocycles. The van der Waals surface area contributed by atoms with Crippen LogP contribution in [0.1, 0.15) is 35.3 Å². The van der Waals surface area contributed by atoms with Gasteiger partial charge in [0.15, 0.2) is 11.6 Å². The lowest BCUT2D eigenvalue weighted by Crippen LogP contribution is -2.01. The van der Waals surface area contributed by atoms with Gasteiger partial charge in [-0.2, -0.15) is 0 Å². The summed E-state index contributed by atoms with van der Waals surface area (Å²) in [6.07, 6.45) is 4.95. The van der Waals surface area contributed by atoms with E-state index in [-0.39, 0.29) is 5.69 Å². The van der Waals surface area contributed by atoms with Crippen molar-refractivity contribution in [1.29, 1.82) is 0 Å². The number of aryl methyl sites for hydroxylation is 1. The average molecular weight is 271 g/mol. The van der Waals surface area contributed by atoms with E-state index < -0.39 is 5.97 Å². The molecule has 0 amide bonds. The van der Waals surface area contributed by atoms with Crippen molar-refractivity contribution in [1.82, 2.24) is 4.98 Å². The highest BCUT2D eigenvalue weighted by atomic mass is 16.5. The highest BCUT2D eigenvalue weighted by molar-refractivity contribution is 5.86. The van der Waals surface area contributed by atoms with Crippen molar-refractivity contribution in [2.75, 3.05) is 7.11 Å². The van der Waals surface area contributed by atoms with Crippen molar-refractivity contribution in [2.24, 2.45) is 0 Å². The molecular formula is C16H17NO3. The monoisotopic (exact) mass is 271 g/mol. The van der Waals surface area contributed by atoms with E-state index in [0.29, 0.717) is 12.3 Å². The Bertz CT molecular complexity index is 599. The van der Waals surface area contributed by atoms with E-state index in [1.807, 2.05) is 18.2 Å². The Morgan fingerprint density at radius 1 is 1.35 bits per heavy atom. The lowest BCUT2D eigenvalue weighted by molar-refractivity contribution is 0.0594. The summed E-state index contributed by atoms with van der Waals surface area (Å²) < 4.78 is 9.83. The van der Waals surface area contributed by atoms with Gasteiger partial charge in [-0.3, -0.25) is 0 Å². The minimum Gasteiger partial charge on any atom is -0.464 e. The van der Waals surface area contributed by atoms with Gasteiger partial charge in [0.1, 0.15) is 6.26 Å². The summed E-state index contributed by atoms with van der Waals surface area (Å²) in [4.78, 5) is 15.3. The van der Waals surface area contributed by atoms with Crippen molar-refractivity contribution in [3.8, 4) is 0 Å². The fourth-order valence-electron chi connectivity index (χ4n) is 1.83. The van der Waals surface area contributed by atoms with Crippen molar-refractivity contribution >= 4 is 12.0 Å². The van der Waals surface area contributed by atoms with Gasteiger partial charge in [0.2, 0.25) is 0 Å². The van der Waals surface area contributed by atoms with Gasteiger partial charge in [-0.1, -0.05) is 42.0 Å². The molecule has 2 rings (SSSR count). The first-order valence-corrected chi connectivity index (χ1v) is 6.44. The number of nitrogens with zero attached hydrogens (tertiary/aromatic N) is 1. The molecule has 2 aromatic rings. The van der Waals surface area contributed by atoms with Crippen LogP contribution in [0.5, 0.6) is 0 Å². The van der Waals surface area contributed by atoms with Crippen LogP contribution in [-0.2, 0) is 11.2 Å². The summed E-state index contributed by atoms with van der Waals surface area (Å²) in [7, 11) is 1.32. The summed E-state index contributed by atoms with van der Waals surface area (Å²) in [6.45, 7) is 2.07. The standard InChI is InChI=1S/C16H17NO3/c1-12(10-13-6-4-3-5-7-13)8-9-15-17-14(11-20-15)16(18)19-2/h3-7,10-11H,8-9H2,1-2H3/b12-10+. The van der Waals surface area contributed by atoms with Crippen molar-refractivity contribution in [3.05, 3.63) is 59.3 Å². The Kier molecular flexibility index (Phi) is 4.71. The second-order valence-corrected chi connectivity index (χ2v) is 4.52. The number of rotatable bonds is 5. The van der Waals surface area contributed by atoms with E-state index in [9.17, 15) is 4.79 Å². The average Bonchev–Trinajstić information content (AvgIpc) is 2.94. The van der Waals surface area contributed by atoms with Gasteiger partial charge < -0.3 is 9.15 Å². The highest BCUT2D eigenvalue weighted by Crippen LogP contribution is 2.13. The first-order chi connectivity index (χ1) is 9.69. The predicted molar refractivity (Wildman–Crippen MR) is 76.3 cm³/mol. The molecule has 0 fully saturated rings. The largest absolute Gasteiger partial charge is 0.464 e. The van der Waals surface area contributed by atoms with Crippen LogP contribution in [0.3, 0.4) is 0 Å². The molecule has 0 aliphatic rings. The van der Waals surface area contributed by atoms with Gasteiger partial charge in [0, 0.05) is 6.42 Å². The molecule has 104 valence electrons. The molecule has 0 radical (unpaired) electrons. The normalized spacial score (nSPS) is 11.4. The molecule has 4 nitrogen and oxygen atoms in total. The number of ether oxygens (including phenoxy) is 1. The van der Waals surface area contributed by atoms with Crippen LogP contribution in [0.25, 0.3) is 6.08 Å². The van der Waals surface area contributed by atoms with Gasteiger partial charge in [-0.05, 0) is 18.9 Å². The molecular weight excluding hydrogens is 254 g/mol. The summed E-state index contributed by atoms with van der Waals surface area (Å²) >= 11 is 0. The smallest absolute Gasteiger partial charge is 0.360 e. The summed E-state index contributed by atoms with van der Waals surface area (Å²) in [6, 6.07) is 10.1. The Hall–Kier alpha value is -2.36. The third-order valence-corrected chi connectivity index (χ3v) is 2.89. The molecule has 0 spiro atoms. The van der Waals surface area contributed by atoms with Crippen LogP contribution < -0.4 is 0 Å². The SMILES string of the molecule is COC(=O)c1coc(CC/C(C)=C/c2ccccc2)n1. The zero-order valence-corrected chi connectivity index (χ0v) is 11.6. The van der Waals surface area contributed by atoms with E-state index in [1.165, 1.54) is 24.5 Å². The second-order valence-electron chi connectivity index (χ2n) is 4.52. The van der Waals surface area contributed by atoms with E-state index in [1.54, 1.807) is 0 Å². The number of allylic oxidation sites excluding steroid dienone is 1. The van der Waals surface area contributed by atoms with Crippen LogP contribution >= 0.6 is 0 Å². The van der Waals surface area contributed by atoms with Gasteiger partial charge in [-0.25, -0.2) is 9.78 Å². The first kappa shape index (κ1) is 14.1. The summed E-state index contributed by atoms with van der Waals surface area (Å²) in [5, 5.41) is 0. The molecule has 0 atom stereocenters. The summed E-state index contributed by atoms with van der Waals surface area (Å²) in [5.74, 6) is 0.0720. The molecule has 1 heterocycles. The van der Waals surface area contributed by atoms with Gasteiger partial charge in [0.25, 0.3) is 0 Å². The van der Waals surface area contributed by atoms with Crippen LogP contribution in [0.2, 0.25) is 0 Å². The topological polar surface area (TPSA) is 52.3 Å². The number of benzene rings is 1. The zero-order valence-electron chi connectivity index (χ0n) is 11.6. The van der Waals surface area contributed by atoms with Gasteiger partial charge in [-0.15, -0.1) is 0 Å². The highest BCUT2D eigenvalue weighted by Gasteiger charge is 2.11. The third kappa shape index (κ3) is 3.82. The van der Waals surface area contributed by atoms with E-state index in [4.69, 9.17) is 4.42 Å². The Morgan fingerprint density at radius 3 is 2.80 bits per heavy atom.